The summed E-state index contributed by atoms with van der Waals surface area (Å²) in [6, 6.07) is 23.1. The molecular formula is C23H17NO3S. The van der Waals surface area contributed by atoms with Crippen molar-refractivity contribution in [1.29, 1.82) is 0 Å². The molecular weight excluding hydrogens is 370 g/mol. The molecule has 0 bridgehead atoms. The zero-order valence-corrected chi connectivity index (χ0v) is 15.8. The van der Waals surface area contributed by atoms with Crippen molar-refractivity contribution in [2.75, 3.05) is 0 Å². The lowest BCUT2D eigenvalue weighted by Gasteiger charge is -2.12. The minimum Gasteiger partial charge on any atom is -0.287 e. The molecule has 0 aliphatic heterocycles. The fourth-order valence-corrected chi connectivity index (χ4v) is 5.62. The van der Waals surface area contributed by atoms with Gasteiger partial charge >= 0.3 is 0 Å². The van der Waals surface area contributed by atoms with E-state index in [2.05, 4.69) is 0 Å². The highest BCUT2D eigenvalue weighted by Crippen LogP contribution is 2.35. The molecule has 0 amide bonds. The van der Waals surface area contributed by atoms with Crippen molar-refractivity contribution < 1.29 is 13.2 Å². The number of hydrogen-bond donors (Lipinski definition) is 0. The van der Waals surface area contributed by atoms with E-state index < -0.39 is 10.0 Å². The highest BCUT2D eigenvalue weighted by molar-refractivity contribution is 7.90. The molecule has 1 aliphatic rings. The molecule has 3 aromatic carbocycles. The van der Waals surface area contributed by atoms with Gasteiger partial charge < -0.3 is 0 Å². The number of carbonyl (C=O) groups is 1. The first-order valence-corrected chi connectivity index (χ1v) is 10.6. The Bertz CT molecular complexity index is 1340. The third-order valence-electron chi connectivity index (χ3n) is 5.34. The second-order valence-corrected chi connectivity index (χ2v) is 8.70. The van der Waals surface area contributed by atoms with E-state index in [0.717, 1.165) is 16.5 Å². The summed E-state index contributed by atoms with van der Waals surface area (Å²) >= 11 is 0. The van der Waals surface area contributed by atoms with Crippen LogP contribution in [-0.4, -0.2) is 18.2 Å². The fraction of sp³-hybridized carbons (Fsp3) is 0.0870. The highest BCUT2D eigenvalue weighted by Gasteiger charge is 2.33. The van der Waals surface area contributed by atoms with E-state index in [1.807, 2.05) is 30.3 Å². The third-order valence-corrected chi connectivity index (χ3v) is 7.07. The van der Waals surface area contributed by atoms with Crippen molar-refractivity contribution in [2.45, 2.75) is 17.7 Å². The topological polar surface area (TPSA) is 56.1 Å². The molecule has 0 fully saturated rings. The molecule has 1 aliphatic carbocycles. The van der Waals surface area contributed by atoms with E-state index >= 15 is 0 Å². The summed E-state index contributed by atoms with van der Waals surface area (Å²) in [7, 11) is -3.92. The maximum atomic E-state index is 13.6. The molecule has 138 valence electrons. The molecule has 28 heavy (non-hydrogen) atoms. The summed E-state index contributed by atoms with van der Waals surface area (Å²) in [6.45, 7) is 0. The predicted molar refractivity (Wildman–Crippen MR) is 108 cm³/mol. The summed E-state index contributed by atoms with van der Waals surface area (Å²) in [5.74, 6) is -0.237. The highest BCUT2D eigenvalue weighted by atomic mass is 32.2. The van der Waals surface area contributed by atoms with Crippen LogP contribution in [0.25, 0.3) is 10.9 Å². The Labute approximate surface area is 163 Å². The Morgan fingerprint density at radius 3 is 2.25 bits per heavy atom. The molecule has 1 aromatic heterocycles. The van der Waals surface area contributed by atoms with Gasteiger partial charge in [0.2, 0.25) is 5.78 Å². The summed E-state index contributed by atoms with van der Waals surface area (Å²) in [5.41, 5.74) is 3.14. The Morgan fingerprint density at radius 2 is 1.43 bits per heavy atom. The fourth-order valence-electron chi connectivity index (χ4n) is 4.05. The Hall–Kier alpha value is -3.18. The quantitative estimate of drug-likeness (QED) is 0.518. The second kappa shape index (κ2) is 6.17. The molecule has 0 spiro atoms. The van der Waals surface area contributed by atoms with Crippen LogP contribution in [0.4, 0.5) is 0 Å². The third kappa shape index (κ3) is 2.36. The smallest absolute Gasteiger partial charge is 0.268 e. The van der Waals surface area contributed by atoms with Gasteiger partial charge in [-0.25, -0.2) is 12.4 Å². The summed E-state index contributed by atoms with van der Waals surface area (Å²) < 4.78 is 28.4. The van der Waals surface area contributed by atoms with Crippen LogP contribution in [0, 0.1) is 0 Å². The van der Waals surface area contributed by atoms with Crippen LogP contribution in [0.1, 0.15) is 27.2 Å². The number of ketones is 1. The van der Waals surface area contributed by atoms with Crippen LogP contribution >= 0.6 is 0 Å². The average molecular weight is 387 g/mol. The van der Waals surface area contributed by atoms with Gasteiger partial charge in [0.05, 0.1) is 10.4 Å². The van der Waals surface area contributed by atoms with E-state index in [1.54, 1.807) is 48.5 Å². The Kier molecular flexibility index (Phi) is 3.74. The lowest BCUT2D eigenvalue weighted by atomic mass is 10.0. The van der Waals surface area contributed by atoms with E-state index in [4.69, 9.17) is 0 Å². The second-order valence-electron chi connectivity index (χ2n) is 6.91. The summed E-state index contributed by atoms with van der Waals surface area (Å²) in [4.78, 5) is 13.7. The number of nitrogens with zero attached hydrogens (tertiary/aromatic N) is 1. The minimum atomic E-state index is -3.92. The standard InChI is InChI=1S/C23H17NO3S/c25-23-18-11-5-4-8-16(18)14-15-20-19-12-6-7-13-21(19)24(22(20)23)28(26,27)17-9-2-1-3-10-17/h1-13H,14-15H2. The van der Waals surface area contributed by atoms with Crippen molar-refractivity contribution in [3.63, 3.8) is 0 Å². The van der Waals surface area contributed by atoms with Crippen LogP contribution in [-0.2, 0) is 22.9 Å². The number of benzene rings is 3. The number of hydrogen-bond acceptors (Lipinski definition) is 3. The van der Waals surface area contributed by atoms with Crippen LogP contribution in [0.3, 0.4) is 0 Å². The number of aromatic nitrogens is 1. The number of para-hydroxylation sites is 1. The first kappa shape index (κ1) is 17.0. The minimum absolute atomic E-state index is 0.170. The van der Waals surface area contributed by atoms with Gasteiger partial charge in [-0.05, 0) is 42.2 Å². The molecule has 5 rings (SSSR count). The Morgan fingerprint density at radius 1 is 0.750 bits per heavy atom. The normalized spacial score (nSPS) is 13.8. The molecule has 0 radical (unpaired) electrons. The van der Waals surface area contributed by atoms with E-state index in [-0.39, 0.29) is 16.4 Å². The van der Waals surface area contributed by atoms with Crippen LogP contribution in [0.15, 0.2) is 83.8 Å². The van der Waals surface area contributed by atoms with Gasteiger partial charge in [0, 0.05) is 10.9 Å². The molecule has 0 atom stereocenters. The van der Waals surface area contributed by atoms with Crippen molar-refractivity contribution in [2.24, 2.45) is 0 Å². The van der Waals surface area contributed by atoms with Crippen molar-refractivity contribution in [1.82, 2.24) is 3.97 Å². The van der Waals surface area contributed by atoms with Gasteiger partial charge in [0.25, 0.3) is 10.0 Å². The zero-order valence-electron chi connectivity index (χ0n) is 15.0. The van der Waals surface area contributed by atoms with Crippen LogP contribution in [0.5, 0.6) is 0 Å². The SMILES string of the molecule is O=C1c2ccccc2CCc2c1n(S(=O)(=O)c1ccccc1)c1ccccc21. The molecule has 0 saturated carbocycles. The van der Waals surface area contributed by atoms with Crippen molar-refractivity contribution in [3.05, 3.63) is 101 Å². The molecule has 4 aromatic rings. The number of carbonyl (C=O) groups excluding carboxylic acids is 1. The lowest BCUT2D eigenvalue weighted by molar-refractivity contribution is 0.103. The maximum Gasteiger partial charge on any atom is 0.268 e. The molecule has 0 saturated heterocycles. The Balaban J connectivity index is 1.89. The van der Waals surface area contributed by atoms with Crippen LogP contribution in [0.2, 0.25) is 0 Å². The summed E-state index contributed by atoms with van der Waals surface area (Å²) in [6.07, 6.45) is 1.32. The lowest BCUT2D eigenvalue weighted by Crippen LogP contribution is -2.19. The molecule has 0 N–H and O–H groups in total. The van der Waals surface area contributed by atoms with Gasteiger partial charge in [0.1, 0.15) is 5.69 Å². The first-order chi connectivity index (χ1) is 13.6. The van der Waals surface area contributed by atoms with E-state index in [1.165, 1.54) is 3.97 Å². The van der Waals surface area contributed by atoms with E-state index in [9.17, 15) is 13.2 Å². The molecule has 1 heterocycles. The van der Waals surface area contributed by atoms with Crippen molar-refractivity contribution >= 4 is 26.7 Å². The first-order valence-electron chi connectivity index (χ1n) is 9.14. The van der Waals surface area contributed by atoms with Crippen molar-refractivity contribution in [3.8, 4) is 0 Å². The van der Waals surface area contributed by atoms with Gasteiger partial charge in [-0.15, -0.1) is 0 Å². The largest absolute Gasteiger partial charge is 0.287 e. The van der Waals surface area contributed by atoms with Gasteiger partial charge in [-0.2, -0.15) is 0 Å². The molecule has 5 heteroatoms. The number of rotatable bonds is 2. The van der Waals surface area contributed by atoms with Gasteiger partial charge in [-0.3, -0.25) is 4.79 Å². The summed E-state index contributed by atoms with van der Waals surface area (Å²) in [5, 5.41) is 0.818. The molecule has 4 nitrogen and oxygen atoms in total. The zero-order chi connectivity index (χ0) is 19.3. The van der Waals surface area contributed by atoms with E-state index in [0.29, 0.717) is 23.9 Å². The number of fused-ring (bicyclic) bond motifs is 4. The predicted octanol–water partition coefficient (Wildman–Crippen LogP) is 4.21. The maximum absolute atomic E-state index is 13.6. The van der Waals surface area contributed by atoms with Gasteiger partial charge in [-0.1, -0.05) is 60.7 Å². The monoisotopic (exact) mass is 387 g/mol. The molecule has 0 unspecified atom stereocenters. The van der Waals surface area contributed by atoms with Gasteiger partial charge in [0.15, 0.2) is 0 Å². The van der Waals surface area contributed by atoms with Crippen LogP contribution < -0.4 is 0 Å². The number of aryl methyl sites for hydroxylation is 2. The average Bonchev–Trinajstić information content (AvgIpc) is 3.00.